The largest absolute Gasteiger partial charge is 0.299 e. The summed E-state index contributed by atoms with van der Waals surface area (Å²) in [7, 11) is -4.17. The maximum Gasteiger partial charge on any atom is 0.294 e. The fraction of sp³-hybridized carbons (Fsp3) is 0.125. The Morgan fingerprint density at radius 1 is 1.27 bits per heavy atom. The minimum Gasteiger partial charge on any atom is -0.299 e. The molecule has 1 rings (SSSR count). The molecule has 0 fully saturated rings. The average molecular weight is 230 g/mol. The second-order valence-corrected chi connectivity index (χ2v) is 4.23. The highest BCUT2D eigenvalue weighted by Gasteiger charge is 2.07. The lowest BCUT2D eigenvalue weighted by Gasteiger charge is -2.06. The molecule has 1 amide bonds. The second-order valence-electron chi connectivity index (χ2n) is 2.81. The van der Waals surface area contributed by atoms with E-state index >= 15 is 0 Å². The molecule has 0 radical (unpaired) electrons. The average Bonchev–Trinajstić information content (AvgIpc) is 2.14. The van der Waals surface area contributed by atoms with Gasteiger partial charge < -0.3 is 0 Å². The van der Waals surface area contributed by atoms with Crippen LogP contribution in [0.15, 0.2) is 29.2 Å². The van der Waals surface area contributed by atoms with Crippen molar-refractivity contribution in [2.45, 2.75) is 11.8 Å². The van der Waals surface area contributed by atoms with E-state index in [1.807, 2.05) is 0 Å². The highest BCUT2D eigenvalue weighted by Crippen LogP contribution is 2.12. The number of carbonyl (C=O) groups excluding carboxylic acids is 1. The predicted molar refractivity (Wildman–Crippen MR) is 53.7 cm³/mol. The van der Waals surface area contributed by atoms with Gasteiger partial charge in [0.2, 0.25) is 5.91 Å². The van der Waals surface area contributed by atoms with Gasteiger partial charge in [-0.1, -0.05) is 0 Å². The highest BCUT2D eigenvalue weighted by atomic mass is 32.2. The van der Waals surface area contributed by atoms with Crippen LogP contribution in [0.5, 0.6) is 0 Å². The number of nitrogens with one attached hydrogen (secondary N) is 2. The molecule has 0 atom stereocenters. The second kappa shape index (κ2) is 4.28. The lowest BCUT2D eigenvalue weighted by molar-refractivity contribution is -0.118. The van der Waals surface area contributed by atoms with E-state index in [1.54, 1.807) is 0 Å². The molecule has 0 aliphatic carbocycles. The Morgan fingerprint density at radius 3 is 2.20 bits per heavy atom. The molecule has 7 heteroatoms. The van der Waals surface area contributed by atoms with Gasteiger partial charge in [0.15, 0.2) is 0 Å². The highest BCUT2D eigenvalue weighted by molar-refractivity contribution is 7.85. The lowest BCUT2D eigenvalue weighted by Crippen LogP contribution is -2.26. The lowest BCUT2D eigenvalue weighted by atomic mass is 10.3. The first-order valence-electron chi connectivity index (χ1n) is 4.00. The number of carbonyl (C=O) groups is 1. The first kappa shape index (κ1) is 11.5. The van der Waals surface area contributed by atoms with Gasteiger partial charge >= 0.3 is 0 Å². The van der Waals surface area contributed by atoms with Crippen molar-refractivity contribution in [2.24, 2.45) is 0 Å². The van der Waals surface area contributed by atoms with Gasteiger partial charge in [0.1, 0.15) is 0 Å². The first-order chi connectivity index (χ1) is 6.89. The molecule has 3 N–H and O–H groups in total. The van der Waals surface area contributed by atoms with Crippen molar-refractivity contribution in [3.63, 3.8) is 0 Å². The van der Waals surface area contributed by atoms with Gasteiger partial charge in [-0.15, -0.1) is 0 Å². The molecule has 6 nitrogen and oxygen atoms in total. The van der Waals surface area contributed by atoms with Crippen molar-refractivity contribution in [3.8, 4) is 0 Å². The molecule has 1 aromatic carbocycles. The third-order valence-electron chi connectivity index (χ3n) is 1.54. The van der Waals surface area contributed by atoms with Crippen LogP contribution in [0.2, 0.25) is 0 Å². The molecule has 0 spiro atoms. The third-order valence-corrected chi connectivity index (χ3v) is 2.40. The molecule has 82 valence electrons. The summed E-state index contributed by atoms with van der Waals surface area (Å²) in [4.78, 5) is 10.3. The van der Waals surface area contributed by atoms with Crippen molar-refractivity contribution in [1.82, 2.24) is 5.43 Å². The van der Waals surface area contributed by atoms with Gasteiger partial charge in [-0.2, -0.15) is 8.42 Å². The maximum absolute atomic E-state index is 10.7. The summed E-state index contributed by atoms with van der Waals surface area (Å²) in [5.74, 6) is -0.270. The Balaban J connectivity index is 2.77. The summed E-state index contributed by atoms with van der Waals surface area (Å²) < 4.78 is 30.0. The summed E-state index contributed by atoms with van der Waals surface area (Å²) >= 11 is 0. The molecule has 0 bridgehead atoms. The smallest absolute Gasteiger partial charge is 0.294 e. The fourth-order valence-electron chi connectivity index (χ4n) is 0.870. The van der Waals surface area contributed by atoms with Gasteiger partial charge in [-0.3, -0.25) is 20.2 Å². The van der Waals surface area contributed by atoms with E-state index in [1.165, 1.54) is 31.2 Å². The number of anilines is 1. The van der Waals surface area contributed by atoms with E-state index in [0.717, 1.165) is 0 Å². The SMILES string of the molecule is CC(=O)NNc1ccc(S(=O)(=O)O)cc1. The molecule has 0 aromatic heterocycles. The summed E-state index contributed by atoms with van der Waals surface area (Å²) in [5.41, 5.74) is 5.38. The van der Waals surface area contributed by atoms with Crippen LogP contribution in [-0.4, -0.2) is 18.9 Å². The number of hydrogen-bond donors (Lipinski definition) is 3. The topological polar surface area (TPSA) is 95.5 Å². The van der Waals surface area contributed by atoms with Crippen LogP contribution < -0.4 is 10.9 Å². The molecular formula is C8H10N2O4S. The van der Waals surface area contributed by atoms with Gasteiger partial charge in [0, 0.05) is 6.92 Å². The van der Waals surface area contributed by atoms with Crippen LogP contribution in [0.4, 0.5) is 5.69 Å². The van der Waals surface area contributed by atoms with Crippen LogP contribution in [0.1, 0.15) is 6.92 Å². The Bertz CT molecular complexity index is 452. The maximum atomic E-state index is 10.7. The van der Waals surface area contributed by atoms with E-state index < -0.39 is 10.1 Å². The van der Waals surface area contributed by atoms with Crippen molar-refractivity contribution < 1.29 is 17.8 Å². The molecule has 0 aliphatic rings. The van der Waals surface area contributed by atoms with Crippen LogP contribution >= 0.6 is 0 Å². The number of rotatable bonds is 3. The predicted octanol–water partition coefficient (Wildman–Crippen LogP) is 0.396. The zero-order chi connectivity index (χ0) is 11.5. The molecule has 0 saturated carbocycles. The number of hydrazine groups is 1. The quantitative estimate of drug-likeness (QED) is 0.516. The van der Waals surface area contributed by atoms with Crippen molar-refractivity contribution in [2.75, 3.05) is 5.43 Å². The van der Waals surface area contributed by atoms with Gasteiger partial charge in [-0.25, -0.2) is 0 Å². The van der Waals surface area contributed by atoms with E-state index in [2.05, 4.69) is 10.9 Å². The Labute approximate surface area is 87.0 Å². The Kier molecular flexibility index (Phi) is 3.28. The zero-order valence-electron chi connectivity index (χ0n) is 7.89. The van der Waals surface area contributed by atoms with Crippen LogP contribution in [0.3, 0.4) is 0 Å². The van der Waals surface area contributed by atoms with Crippen molar-refractivity contribution in [3.05, 3.63) is 24.3 Å². The van der Waals surface area contributed by atoms with E-state index in [4.69, 9.17) is 4.55 Å². The summed E-state index contributed by atoms with van der Waals surface area (Å²) in [6.45, 7) is 1.33. The Hall–Kier alpha value is -1.60. The van der Waals surface area contributed by atoms with Crippen molar-refractivity contribution >= 4 is 21.7 Å². The number of hydrogen-bond acceptors (Lipinski definition) is 4. The van der Waals surface area contributed by atoms with Crippen molar-refractivity contribution in [1.29, 1.82) is 0 Å². The third kappa shape index (κ3) is 3.56. The summed E-state index contributed by atoms with van der Waals surface area (Å²) in [6, 6.07) is 5.27. The summed E-state index contributed by atoms with van der Waals surface area (Å²) in [5, 5.41) is 0. The molecule has 0 heterocycles. The van der Waals surface area contributed by atoms with Gasteiger partial charge in [-0.05, 0) is 24.3 Å². The first-order valence-corrected chi connectivity index (χ1v) is 5.44. The van der Waals surface area contributed by atoms with E-state index in [0.29, 0.717) is 5.69 Å². The minimum atomic E-state index is -4.17. The van der Waals surface area contributed by atoms with Gasteiger partial charge in [0.25, 0.3) is 10.1 Å². The molecular weight excluding hydrogens is 220 g/mol. The van der Waals surface area contributed by atoms with Crippen LogP contribution in [-0.2, 0) is 14.9 Å². The summed E-state index contributed by atoms with van der Waals surface area (Å²) in [6.07, 6.45) is 0. The van der Waals surface area contributed by atoms with Crippen LogP contribution in [0, 0.1) is 0 Å². The van der Waals surface area contributed by atoms with Gasteiger partial charge in [0.05, 0.1) is 10.6 Å². The molecule has 15 heavy (non-hydrogen) atoms. The Morgan fingerprint density at radius 2 is 1.80 bits per heavy atom. The monoisotopic (exact) mass is 230 g/mol. The normalized spacial score (nSPS) is 10.8. The molecule has 0 aliphatic heterocycles. The number of amides is 1. The standard InChI is InChI=1S/C8H10N2O4S/c1-6(11)9-10-7-2-4-8(5-3-7)15(12,13)14/h2-5,10H,1H3,(H,9,11)(H,12,13,14). The minimum absolute atomic E-state index is 0.198. The van der Waals surface area contributed by atoms with E-state index in [-0.39, 0.29) is 10.8 Å². The molecule has 1 aromatic rings. The molecule has 0 saturated heterocycles. The van der Waals surface area contributed by atoms with E-state index in [9.17, 15) is 13.2 Å². The van der Waals surface area contributed by atoms with Crippen LogP contribution in [0.25, 0.3) is 0 Å². The zero-order valence-corrected chi connectivity index (χ0v) is 8.71. The fourth-order valence-corrected chi connectivity index (χ4v) is 1.35. The molecule has 0 unspecified atom stereocenters. The number of benzene rings is 1.